The van der Waals surface area contributed by atoms with Gasteiger partial charge >= 0.3 is 6.03 Å². The standard InChI is InChI=1S/C18H19N3O4S/c22-17(16-8-11-4-2-1-3-5-15(11)26-16)20-21-18(23)19-12-6-7-13-14(9-12)25-10-24-13/h6-9H,1-5,10H2,(H,20,22)(H2,19,21,23). The third kappa shape index (κ3) is 3.60. The highest BCUT2D eigenvalue weighted by atomic mass is 32.1. The Balaban J connectivity index is 1.32. The number of benzene rings is 1. The Bertz CT molecular complexity index is 825. The molecule has 136 valence electrons. The van der Waals surface area contributed by atoms with Crippen molar-refractivity contribution < 1.29 is 19.1 Å². The van der Waals surface area contributed by atoms with Crippen molar-refractivity contribution in [3.63, 3.8) is 0 Å². The van der Waals surface area contributed by atoms with Gasteiger partial charge in [0, 0.05) is 16.6 Å². The second-order valence-corrected chi connectivity index (χ2v) is 7.36. The van der Waals surface area contributed by atoms with Gasteiger partial charge in [-0.15, -0.1) is 11.3 Å². The van der Waals surface area contributed by atoms with E-state index in [1.807, 2.05) is 6.07 Å². The summed E-state index contributed by atoms with van der Waals surface area (Å²) in [7, 11) is 0. The average molecular weight is 373 g/mol. The Morgan fingerprint density at radius 1 is 0.962 bits per heavy atom. The molecular formula is C18H19N3O4S. The van der Waals surface area contributed by atoms with Crippen LogP contribution in [0.4, 0.5) is 10.5 Å². The molecule has 0 bridgehead atoms. The van der Waals surface area contributed by atoms with Gasteiger partial charge in [0.15, 0.2) is 11.5 Å². The van der Waals surface area contributed by atoms with Gasteiger partial charge in [-0.3, -0.25) is 10.2 Å². The minimum atomic E-state index is -0.532. The molecule has 1 aromatic carbocycles. The van der Waals surface area contributed by atoms with Crippen LogP contribution in [0.15, 0.2) is 24.3 Å². The predicted molar refractivity (Wildman–Crippen MR) is 97.8 cm³/mol. The van der Waals surface area contributed by atoms with Crippen LogP contribution in [0.1, 0.15) is 39.4 Å². The van der Waals surface area contributed by atoms with E-state index in [1.54, 1.807) is 18.2 Å². The molecule has 8 heteroatoms. The van der Waals surface area contributed by atoms with Crippen molar-refractivity contribution in [3.05, 3.63) is 39.6 Å². The molecule has 2 heterocycles. The molecule has 7 nitrogen and oxygen atoms in total. The van der Waals surface area contributed by atoms with Gasteiger partial charge in [0.05, 0.1) is 4.88 Å². The zero-order valence-corrected chi connectivity index (χ0v) is 14.9. The number of carbonyl (C=O) groups is 2. The number of aryl methyl sites for hydroxylation is 2. The summed E-state index contributed by atoms with van der Waals surface area (Å²) in [6, 6.07) is 6.49. The Labute approximate surface area is 154 Å². The van der Waals surface area contributed by atoms with Crippen LogP contribution in [0, 0.1) is 0 Å². The molecule has 0 fully saturated rings. The molecule has 0 saturated carbocycles. The summed E-state index contributed by atoms with van der Waals surface area (Å²) >= 11 is 1.51. The normalized spacial score (nSPS) is 14.9. The monoisotopic (exact) mass is 373 g/mol. The lowest BCUT2D eigenvalue weighted by atomic mass is 10.1. The van der Waals surface area contributed by atoms with Crippen LogP contribution in [0.3, 0.4) is 0 Å². The number of hydrogen-bond donors (Lipinski definition) is 3. The second kappa shape index (κ2) is 7.25. The first-order valence-electron chi connectivity index (χ1n) is 8.57. The van der Waals surface area contributed by atoms with Gasteiger partial charge in [-0.2, -0.15) is 0 Å². The van der Waals surface area contributed by atoms with E-state index in [0.29, 0.717) is 22.1 Å². The largest absolute Gasteiger partial charge is 0.454 e. The Hall–Kier alpha value is -2.74. The van der Waals surface area contributed by atoms with E-state index in [2.05, 4.69) is 16.2 Å². The first-order chi connectivity index (χ1) is 12.7. The number of thiophene rings is 1. The van der Waals surface area contributed by atoms with E-state index in [4.69, 9.17) is 9.47 Å². The molecule has 2 aliphatic rings. The van der Waals surface area contributed by atoms with Gasteiger partial charge in [0.1, 0.15) is 0 Å². The molecule has 1 aliphatic heterocycles. The number of rotatable bonds is 2. The van der Waals surface area contributed by atoms with Crippen molar-refractivity contribution in [2.45, 2.75) is 32.1 Å². The zero-order valence-electron chi connectivity index (χ0n) is 14.1. The number of carbonyl (C=O) groups excluding carboxylic acids is 2. The summed E-state index contributed by atoms with van der Waals surface area (Å²) in [5.74, 6) is 0.914. The summed E-state index contributed by atoms with van der Waals surface area (Å²) in [5, 5.41) is 2.64. The highest BCUT2D eigenvalue weighted by Crippen LogP contribution is 2.34. The second-order valence-electron chi connectivity index (χ2n) is 6.22. The van der Waals surface area contributed by atoms with E-state index in [0.717, 1.165) is 12.8 Å². The molecule has 0 spiro atoms. The van der Waals surface area contributed by atoms with E-state index in [9.17, 15) is 9.59 Å². The third-order valence-electron chi connectivity index (χ3n) is 4.39. The quantitative estimate of drug-likeness (QED) is 0.557. The van der Waals surface area contributed by atoms with Crippen molar-refractivity contribution in [1.29, 1.82) is 0 Å². The molecule has 0 atom stereocenters. The summed E-state index contributed by atoms with van der Waals surface area (Å²) in [4.78, 5) is 26.2. The smallest absolute Gasteiger partial charge is 0.337 e. The Morgan fingerprint density at radius 3 is 2.73 bits per heavy atom. The molecule has 4 rings (SSSR count). The molecule has 2 aromatic rings. The maximum atomic E-state index is 12.3. The minimum absolute atomic E-state index is 0.172. The molecule has 1 aliphatic carbocycles. The highest BCUT2D eigenvalue weighted by Gasteiger charge is 2.17. The van der Waals surface area contributed by atoms with E-state index < -0.39 is 6.03 Å². The Morgan fingerprint density at radius 2 is 1.81 bits per heavy atom. The number of hydrogen-bond acceptors (Lipinski definition) is 5. The average Bonchev–Trinajstić information content (AvgIpc) is 3.21. The topological polar surface area (TPSA) is 88.7 Å². The number of amides is 3. The SMILES string of the molecule is O=C(NNC(=O)c1cc2c(s1)CCCCC2)Nc1ccc2c(c1)OCO2. The molecule has 0 unspecified atom stereocenters. The van der Waals surface area contributed by atoms with Crippen LogP contribution in [0.25, 0.3) is 0 Å². The fourth-order valence-electron chi connectivity index (χ4n) is 3.09. The zero-order chi connectivity index (χ0) is 17.9. The molecule has 0 saturated heterocycles. The van der Waals surface area contributed by atoms with E-state index in [1.165, 1.54) is 41.0 Å². The first-order valence-corrected chi connectivity index (χ1v) is 9.39. The van der Waals surface area contributed by atoms with Crippen LogP contribution in [-0.4, -0.2) is 18.7 Å². The summed E-state index contributed by atoms with van der Waals surface area (Å²) in [6.45, 7) is 0.172. The fraction of sp³-hybridized carbons (Fsp3) is 0.333. The van der Waals surface area contributed by atoms with Crippen LogP contribution in [0.5, 0.6) is 11.5 Å². The van der Waals surface area contributed by atoms with Gasteiger partial charge in [-0.1, -0.05) is 6.42 Å². The summed E-state index contributed by atoms with van der Waals surface area (Å²) < 4.78 is 10.5. The molecule has 3 N–H and O–H groups in total. The third-order valence-corrected chi connectivity index (χ3v) is 5.63. The molecular weight excluding hydrogens is 354 g/mol. The van der Waals surface area contributed by atoms with Gasteiger partial charge < -0.3 is 14.8 Å². The van der Waals surface area contributed by atoms with Crippen LogP contribution in [0.2, 0.25) is 0 Å². The van der Waals surface area contributed by atoms with Gasteiger partial charge in [-0.25, -0.2) is 10.2 Å². The highest BCUT2D eigenvalue weighted by molar-refractivity contribution is 7.14. The number of anilines is 1. The molecule has 0 radical (unpaired) electrons. The Kier molecular flexibility index (Phi) is 4.66. The summed E-state index contributed by atoms with van der Waals surface area (Å²) in [5.41, 5.74) is 6.64. The van der Waals surface area contributed by atoms with E-state index in [-0.39, 0.29) is 12.7 Å². The number of urea groups is 1. The first kappa shape index (κ1) is 16.7. The predicted octanol–water partition coefficient (Wildman–Crippen LogP) is 3.21. The number of hydrazine groups is 1. The van der Waals surface area contributed by atoms with E-state index >= 15 is 0 Å². The van der Waals surface area contributed by atoms with Gasteiger partial charge in [0.25, 0.3) is 5.91 Å². The lowest BCUT2D eigenvalue weighted by Gasteiger charge is -2.08. The number of fused-ring (bicyclic) bond motifs is 2. The van der Waals surface area contributed by atoms with Crippen molar-refractivity contribution in [1.82, 2.24) is 10.9 Å². The maximum absolute atomic E-state index is 12.3. The van der Waals surface area contributed by atoms with Crippen molar-refractivity contribution in [3.8, 4) is 11.5 Å². The van der Waals surface area contributed by atoms with Crippen molar-refractivity contribution in [2.24, 2.45) is 0 Å². The van der Waals surface area contributed by atoms with Gasteiger partial charge in [0.2, 0.25) is 6.79 Å². The molecule has 1 aromatic heterocycles. The lowest BCUT2D eigenvalue weighted by Crippen LogP contribution is -2.43. The van der Waals surface area contributed by atoms with Crippen LogP contribution >= 0.6 is 11.3 Å². The van der Waals surface area contributed by atoms with Crippen LogP contribution < -0.4 is 25.6 Å². The summed E-state index contributed by atoms with van der Waals surface area (Å²) in [6.07, 6.45) is 5.64. The minimum Gasteiger partial charge on any atom is -0.454 e. The molecule has 3 amide bonds. The fourth-order valence-corrected chi connectivity index (χ4v) is 4.24. The lowest BCUT2D eigenvalue weighted by molar-refractivity contribution is 0.0942. The molecule has 26 heavy (non-hydrogen) atoms. The maximum Gasteiger partial charge on any atom is 0.337 e. The number of nitrogens with one attached hydrogen (secondary N) is 3. The van der Waals surface area contributed by atoms with Gasteiger partial charge in [-0.05, 0) is 49.4 Å². The number of ether oxygens (including phenoxy) is 2. The van der Waals surface area contributed by atoms with Crippen molar-refractivity contribution in [2.75, 3.05) is 12.1 Å². The van der Waals surface area contributed by atoms with Crippen molar-refractivity contribution >= 4 is 29.0 Å². The van der Waals surface area contributed by atoms with Crippen LogP contribution in [-0.2, 0) is 12.8 Å².